The summed E-state index contributed by atoms with van der Waals surface area (Å²) in [5.41, 5.74) is 0.668. The predicted octanol–water partition coefficient (Wildman–Crippen LogP) is 1.98. The lowest BCUT2D eigenvalue weighted by Gasteiger charge is -2.09. The van der Waals surface area contributed by atoms with Crippen molar-refractivity contribution in [3.05, 3.63) is 58.3 Å². The lowest BCUT2D eigenvalue weighted by atomic mass is 10.3. The van der Waals surface area contributed by atoms with Crippen LogP contribution >= 0.6 is 23.2 Å². The standard InChI is InChI=1S/C14H13Cl2N3O3S/c15-10-4-5-12(16)13(7-10)23(21,22)19-9-14(20)18-8-11-3-1-2-6-17-11/h1-7,19H,8-9H2,(H,18,20). The summed E-state index contributed by atoms with van der Waals surface area (Å²) < 4.78 is 26.5. The molecule has 0 unspecified atom stereocenters. The van der Waals surface area contributed by atoms with Crippen molar-refractivity contribution in [2.24, 2.45) is 0 Å². The first-order valence-electron chi connectivity index (χ1n) is 6.50. The number of aromatic nitrogens is 1. The number of amides is 1. The Bertz CT molecular complexity index is 798. The van der Waals surface area contributed by atoms with Crippen molar-refractivity contribution >= 4 is 39.1 Å². The Morgan fingerprint density at radius 3 is 2.65 bits per heavy atom. The monoisotopic (exact) mass is 373 g/mol. The molecule has 0 atom stereocenters. The fourth-order valence-corrected chi connectivity index (χ4v) is 3.42. The van der Waals surface area contributed by atoms with E-state index in [1.165, 1.54) is 18.2 Å². The van der Waals surface area contributed by atoms with Gasteiger partial charge in [-0.05, 0) is 30.3 Å². The molecule has 1 aromatic heterocycles. The molecule has 0 fully saturated rings. The van der Waals surface area contributed by atoms with Gasteiger partial charge in [-0.15, -0.1) is 0 Å². The molecule has 2 rings (SSSR count). The van der Waals surface area contributed by atoms with Gasteiger partial charge >= 0.3 is 0 Å². The maximum absolute atomic E-state index is 12.1. The molecule has 0 saturated carbocycles. The highest BCUT2D eigenvalue weighted by Gasteiger charge is 2.19. The van der Waals surface area contributed by atoms with Crippen molar-refractivity contribution in [3.63, 3.8) is 0 Å². The average molecular weight is 374 g/mol. The molecule has 0 spiro atoms. The van der Waals surface area contributed by atoms with Crippen molar-refractivity contribution < 1.29 is 13.2 Å². The average Bonchev–Trinajstić information content (AvgIpc) is 2.54. The SMILES string of the molecule is O=C(CNS(=O)(=O)c1cc(Cl)ccc1Cl)NCc1ccccn1. The lowest BCUT2D eigenvalue weighted by molar-refractivity contribution is -0.120. The summed E-state index contributed by atoms with van der Waals surface area (Å²) in [7, 11) is -3.93. The number of carbonyl (C=O) groups is 1. The minimum Gasteiger partial charge on any atom is -0.349 e. The number of carbonyl (C=O) groups excluding carboxylic acids is 1. The van der Waals surface area contributed by atoms with E-state index in [0.29, 0.717) is 5.69 Å². The van der Waals surface area contributed by atoms with E-state index >= 15 is 0 Å². The van der Waals surface area contributed by atoms with Crippen LogP contribution in [-0.2, 0) is 21.4 Å². The molecule has 1 amide bonds. The molecule has 122 valence electrons. The van der Waals surface area contributed by atoms with Gasteiger partial charge in [-0.2, -0.15) is 0 Å². The summed E-state index contributed by atoms with van der Waals surface area (Å²) >= 11 is 11.6. The largest absolute Gasteiger partial charge is 0.349 e. The second-order valence-corrected chi connectivity index (χ2v) is 7.08. The summed E-state index contributed by atoms with van der Waals surface area (Å²) in [5, 5.41) is 2.82. The molecule has 1 heterocycles. The maximum atomic E-state index is 12.1. The third kappa shape index (κ3) is 5.18. The van der Waals surface area contributed by atoms with E-state index in [1.807, 2.05) is 0 Å². The Kier molecular flexibility index (Phi) is 5.95. The summed E-state index contributed by atoms with van der Waals surface area (Å²) in [6, 6.07) is 9.36. The van der Waals surface area contributed by atoms with Crippen LogP contribution in [0.4, 0.5) is 0 Å². The molecule has 0 aliphatic heterocycles. The molecule has 0 aliphatic carbocycles. The van der Waals surface area contributed by atoms with Crippen LogP contribution < -0.4 is 10.0 Å². The Balaban J connectivity index is 1.94. The van der Waals surface area contributed by atoms with Gasteiger partial charge in [0.15, 0.2) is 0 Å². The van der Waals surface area contributed by atoms with Crippen molar-refractivity contribution in [2.45, 2.75) is 11.4 Å². The van der Waals surface area contributed by atoms with E-state index in [1.54, 1.807) is 24.4 Å². The molecule has 2 N–H and O–H groups in total. The van der Waals surface area contributed by atoms with Gasteiger partial charge in [0.2, 0.25) is 15.9 Å². The van der Waals surface area contributed by atoms with Crippen LogP contribution in [-0.4, -0.2) is 25.9 Å². The molecular formula is C14H13Cl2N3O3S. The summed E-state index contributed by atoms with van der Waals surface area (Å²) in [5.74, 6) is -0.489. The van der Waals surface area contributed by atoms with Gasteiger partial charge in [-0.25, -0.2) is 13.1 Å². The van der Waals surface area contributed by atoms with Crippen LogP contribution in [0.1, 0.15) is 5.69 Å². The second kappa shape index (κ2) is 7.74. The van der Waals surface area contributed by atoms with Gasteiger partial charge in [0.25, 0.3) is 0 Å². The molecular weight excluding hydrogens is 361 g/mol. The number of halogens is 2. The highest BCUT2D eigenvalue weighted by molar-refractivity contribution is 7.89. The fraction of sp³-hybridized carbons (Fsp3) is 0.143. The van der Waals surface area contributed by atoms with E-state index in [9.17, 15) is 13.2 Å². The third-order valence-electron chi connectivity index (χ3n) is 2.80. The summed E-state index contributed by atoms with van der Waals surface area (Å²) in [6.07, 6.45) is 1.60. The number of sulfonamides is 1. The Morgan fingerprint density at radius 2 is 1.96 bits per heavy atom. The van der Waals surface area contributed by atoms with E-state index in [4.69, 9.17) is 23.2 Å². The van der Waals surface area contributed by atoms with Gasteiger partial charge in [-0.1, -0.05) is 29.3 Å². The molecule has 0 bridgehead atoms. The molecule has 6 nitrogen and oxygen atoms in total. The van der Waals surface area contributed by atoms with E-state index < -0.39 is 22.5 Å². The Labute approximate surface area is 143 Å². The maximum Gasteiger partial charge on any atom is 0.242 e. The highest BCUT2D eigenvalue weighted by atomic mass is 35.5. The van der Waals surface area contributed by atoms with Crippen LogP contribution in [0.2, 0.25) is 10.0 Å². The first kappa shape index (κ1) is 17.7. The Morgan fingerprint density at radius 1 is 1.17 bits per heavy atom. The molecule has 2 aromatic rings. The second-order valence-electron chi connectivity index (χ2n) is 4.50. The number of hydrogen-bond donors (Lipinski definition) is 2. The molecule has 0 radical (unpaired) electrons. The zero-order valence-corrected chi connectivity index (χ0v) is 14.1. The minimum atomic E-state index is -3.93. The summed E-state index contributed by atoms with van der Waals surface area (Å²) in [6.45, 7) is -0.211. The van der Waals surface area contributed by atoms with Crippen LogP contribution in [0, 0.1) is 0 Å². The molecule has 0 saturated heterocycles. The zero-order valence-electron chi connectivity index (χ0n) is 11.8. The molecule has 9 heteroatoms. The van der Waals surface area contributed by atoms with Crippen LogP contribution in [0.3, 0.4) is 0 Å². The molecule has 0 aliphatic rings. The van der Waals surface area contributed by atoms with Gasteiger partial charge in [0.1, 0.15) is 4.90 Å². The first-order valence-corrected chi connectivity index (χ1v) is 8.74. The van der Waals surface area contributed by atoms with Crippen molar-refractivity contribution in [2.75, 3.05) is 6.54 Å². The predicted molar refractivity (Wildman–Crippen MR) is 87.7 cm³/mol. The lowest BCUT2D eigenvalue weighted by Crippen LogP contribution is -2.36. The number of benzene rings is 1. The summed E-state index contributed by atoms with van der Waals surface area (Å²) in [4.78, 5) is 15.6. The van der Waals surface area contributed by atoms with Gasteiger partial charge in [0, 0.05) is 11.2 Å². The fourth-order valence-electron chi connectivity index (χ4n) is 1.68. The van der Waals surface area contributed by atoms with E-state index in [-0.39, 0.29) is 21.5 Å². The highest BCUT2D eigenvalue weighted by Crippen LogP contribution is 2.24. The minimum absolute atomic E-state index is 0.0239. The van der Waals surface area contributed by atoms with E-state index in [2.05, 4.69) is 15.0 Å². The number of nitrogens with zero attached hydrogens (tertiary/aromatic N) is 1. The number of pyridine rings is 1. The topological polar surface area (TPSA) is 88.2 Å². The van der Waals surface area contributed by atoms with Crippen LogP contribution in [0.15, 0.2) is 47.5 Å². The van der Waals surface area contributed by atoms with Crippen molar-refractivity contribution in [1.82, 2.24) is 15.0 Å². The van der Waals surface area contributed by atoms with Crippen LogP contribution in [0.5, 0.6) is 0 Å². The molecule has 23 heavy (non-hydrogen) atoms. The molecule has 1 aromatic carbocycles. The quantitative estimate of drug-likeness (QED) is 0.810. The zero-order chi connectivity index (χ0) is 16.9. The van der Waals surface area contributed by atoms with E-state index in [0.717, 1.165) is 0 Å². The van der Waals surface area contributed by atoms with Gasteiger partial charge in [0.05, 0.1) is 23.8 Å². The number of hydrogen-bond acceptors (Lipinski definition) is 4. The smallest absolute Gasteiger partial charge is 0.242 e. The van der Waals surface area contributed by atoms with Crippen molar-refractivity contribution in [3.8, 4) is 0 Å². The first-order chi connectivity index (χ1) is 10.9. The number of nitrogens with one attached hydrogen (secondary N) is 2. The Hall–Kier alpha value is -1.67. The van der Waals surface area contributed by atoms with Crippen LogP contribution in [0.25, 0.3) is 0 Å². The normalized spacial score (nSPS) is 11.2. The van der Waals surface area contributed by atoms with Crippen molar-refractivity contribution in [1.29, 1.82) is 0 Å². The van der Waals surface area contributed by atoms with Gasteiger partial charge in [-0.3, -0.25) is 9.78 Å². The van der Waals surface area contributed by atoms with Gasteiger partial charge < -0.3 is 5.32 Å². The third-order valence-corrected chi connectivity index (χ3v) is 4.92. The number of rotatable bonds is 6.